The summed E-state index contributed by atoms with van der Waals surface area (Å²) in [4.78, 5) is 27.3. The lowest BCUT2D eigenvalue weighted by Gasteiger charge is -2.26. The quantitative estimate of drug-likeness (QED) is 0.483. The van der Waals surface area contributed by atoms with Gasteiger partial charge >= 0.3 is 0 Å². The number of aromatic nitrogens is 2. The van der Waals surface area contributed by atoms with Crippen LogP contribution in [0.15, 0.2) is 48.5 Å². The number of nitrogens with one attached hydrogen (secondary N) is 2. The molecule has 0 saturated carbocycles. The van der Waals surface area contributed by atoms with E-state index in [9.17, 15) is 9.59 Å². The van der Waals surface area contributed by atoms with E-state index in [4.69, 9.17) is 4.74 Å². The van der Waals surface area contributed by atoms with Gasteiger partial charge in [0.05, 0.1) is 0 Å². The molecule has 8 nitrogen and oxygen atoms in total. The molecule has 0 unspecified atom stereocenters. The van der Waals surface area contributed by atoms with Gasteiger partial charge in [-0.05, 0) is 74.8 Å². The fraction of sp³-hybridized carbons (Fsp3) is 0.360. The highest BCUT2D eigenvalue weighted by molar-refractivity contribution is 7.13. The van der Waals surface area contributed by atoms with Gasteiger partial charge in [0.1, 0.15) is 12.4 Å². The van der Waals surface area contributed by atoms with E-state index in [-0.39, 0.29) is 23.4 Å². The van der Waals surface area contributed by atoms with Crippen molar-refractivity contribution in [3.8, 4) is 5.75 Å². The van der Waals surface area contributed by atoms with E-state index in [0.717, 1.165) is 30.9 Å². The molecule has 2 heterocycles. The molecule has 34 heavy (non-hydrogen) atoms. The van der Waals surface area contributed by atoms with Crippen LogP contribution in [0.2, 0.25) is 0 Å². The van der Waals surface area contributed by atoms with Crippen LogP contribution in [0.5, 0.6) is 5.75 Å². The van der Waals surface area contributed by atoms with Gasteiger partial charge in [-0.1, -0.05) is 29.9 Å². The molecule has 4 rings (SSSR count). The van der Waals surface area contributed by atoms with E-state index in [1.165, 1.54) is 30.6 Å². The van der Waals surface area contributed by atoms with E-state index < -0.39 is 0 Å². The number of hydrogen-bond acceptors (Lipinski definition) is 7. The lowest BCUT2D eigenvalue weighted by molar-refractivity contribution is 0.0946. The summed E-state index contributed by atoms with van der Waals surface area (Å²) in [5.41, 5.74) is 2.25. The fourth-order valence-electron chi connectivity index (χ4n) is 3.76. The van der Waals surface area contributed by atoms with E-state index >= 15 is 0 Å². The van der Waals surface area contributed by atoms with Crippen molar-refractivity contribution >= 4 is 28.8 Å². The zero-order valence-electron chi connectivity index (χ0n) is 19.3. The predicted molar refractivity (Wildman–Crippen MR) is 132 cm³/mol. The van der Waals surface area contributed by atoms with E-state index in [1.54, 1.807) is 24.3 Å². The lowest BCUT2D eigenvalue weighted by Crippen LogP contribution is -2.37. The normalized spacial score (nSPS) is 13.9. The van der Waals surface area contributed by atoms with Gasteiger partial charge < -0.3 is 20.3 Å². The molecular weight excluding hydrogens is 450 g/mol. The fourth-order valence-corrected chi connectivity index (χ4v) is 4.40. The molecule has 2 aromatic carbocycles. The third-order valence-electron chi connectivity index (χ3n) is 5.58. The molecule has 9 heteroatoms. The molecule has 2 N–H and O–H groups in total. The summed E-state index contributed by atoms with van der Waals surface area (Å²) in [7, 11) is 0. The average Bonchev–Trinajstić information content (AvgIpc) is 3.33. The van der Waals surface area contributed by atoms with Gasteiger partial charge in [-0.25, -0.2) is 0 Å². The molecule has 1 aliphatic rings. The number of rotatable bonds is 9. The molecule has 0 atom stereocenters. The Morgan fingerprint density at radius 2 is 1.82 bits per heavy atom. The predicted octanol–water partition coefficient (Wildman–Crippen LogP) is 3.89. The number of benzene rings is 2. The summed E-state index contributed by atoms with van der Waals surface area (Å²) < 4.78 is 5.72. The van der Waals surface area contributed by atoms with E-state index in [2.05, 4.69) is 25.7 Å². The minimum atomic E-state index is -0.349. The van der Waals surface area contributed by atoms with Gasteiger partial charge in [0.15, 0.2) is 5.01 Å². The standard InChI is InChI=1S/C25H29N5O3S/c1-18-6-5-7-21(16-18)33-17-22-28-29-25(34-22)24(32)27-20-10-8-19(9-11-20)23(31)26-12-15-30-13-3-2-4-14-30/h5-11,16H,2-4,12-15,17H2,1H3,(H,26,31)(H,27,32). The Kier molecular flexibility index (Phi) is 8.21. The average molecular weight is 480 g/mol. The van der Waals surface area contributed by atoms with Crippen molar-refractivity contribution in [1.82, 2.24) is 20.4 Å². The molecule has 1 fully saturated rings. The highest BCUT2D eigenvalue weighted by Gasteiger charge is 2.15. The van der Waals surface area contributed by atoms with Crippen LogP contribution in [0.4, 0.5) is 5.69 Å². The van der Waals surface area contributed by atoms with Crippen molar-refractivity contribution in [3.05, 3.63) is 69.7 Å². The Bertz CT molecular complexity index is 1110. The first kappa shape index (κ1) is 23.8. The van der Waals surface area contributed by atoms with Gasteiger partial charge in [0, 0.05) is 24.3 Å². The Balaban J connectivity index is 1.23. The zero-order valence-corrected chi connectivity index (χ0v) is 20.1. The van der Waals surface area contributed by atoms with Crippen LogP contribution in [-0.2, 0) is 6.61 Å². The van der Waals surface area contributed by atoms with Crippen molar-refractivity contribution in [2.24, 2.45) is 0 Å². The molecule has 0 radical (unpaired) electrons. The number of ether oxygens (including phenoxy) is 1. The number of carbonyl (C=O) groups excluding carboxylic acids is 2. The van der Waals surface area contributed by atoms with Crippen LogP contribution in [0.25, 0.3) is 0 Å². The van der Waals surface area contributed by atoms with Crippen molar-refractivity contribution in [1.29, 1.82) is 0 Å². The van der Waals surface area contributed by atoms with Crippen molar-refractivity contribution in [3.63, 3.8) is 0 Å². The Hall–Kier alpha value is -3.30. The van der Waals surface area contributed by atoms with Crippen LogP contribution in [0.1, 0.15) is 50.0 Å². The lowest BCUT2D eigenvalue weighted by atomic mass is 10.1. The summed E-state index contributed by atoms with van der Waals surface area (Å²) in [6.45, 7) is 5.97. The zero-order chi connectivity index (χ0) is 23.8. The second kappa shape index (κ2) is 11.7. The smallest absolute Gasteiger partial charge is 0.286 e. The van der Waals surface area contributed by atoms with E-state index in [0.29, 0.717) is 22.8 Å². The van der Waals surface area contributed by atoms with Gasteiger partial charge in [-0.3, -0.25) is 9.59 Å². The monoisotopic (exact) mass is 479 g/mol. The number of likely N-dealkylation sites (tertiary alicyclic amines) is 1. The third-order valence-corrected chi connectivity index (χ3v) is 6.48. The first-order valence-corrected chi connectivity index (χ1v) is 12.3. The molecule has 2 amide bonds. The number of nitrogens with zero attached hydrogens (tertiary/aromatic N) is 3. The number of piperidine rings is 1. The highest BCUT2D eigenvalue weighted by Crippen LogP contribution is 2.18. The highest BCUT2D eigenvalue weighted by atomic mass is 32.1. The van der Waals surface area contributed by atoms with Gasteiger partial charge in [-0.15, -0.1) is 10.2 Å². The largest absolute Gasteiger partial charge is 0.486 e. The van der Waals surface area contributed by atoms with Crippen LogP contribution in [0.3, 0.4) is 0 Å². The van der Waals surface area contributed by atoms with Gasteiger partial charge in [0.25, 0.3) is 11.8 Å². The number of anilines is 1. The topological polar surface area (TPSA) is 96.5 Å². The second-order valence-corrected chi connectivity index (χ2v) is 9.36. The molecule has 1 aromatic heterocycles. The minimum absolute atomic E-state index is 0.114. The number of amides is 2. The molecule has 0 bridgehead atoms. The number of aryl methyl sites for hydroxylation is 1. The first-order valence-electron chi connectivity index (χ1n) is 11.5. The summed E-state index contributed by atoms with van der Waals surface area (Å²) >= 11 is 1.19. The maximum atomic E-state index is 12.5. The van der Waals surface area contributed by atoms with E-state index in [1.807, 2.05) is 31.2 Å². The first-order chi connectivity index (χ1) is 16.6. The SMILES string of the molecule is Cc1cccc(OCc2nnc(C(=O)Nc3ccc(C(=O)NCCN4CCCCC4)cc3)s2)c1. The summed E-state index contributed by atoms with van der Waals surface area (Å²) in [5.74, 6) is 0.284. The van der Waals surface area contributed by atoms with Crippen LogP contribution in [-0.4, -0.2) is 53.1 Å². The Morgan fingerprint density at radius 1 is 1.03 bits per heavy atom. The maximum Gasteiger partial charge on any atom is 0.286 e. The third kappa shape index (κ3) is 6.85. The van der Waals surface area contributed by atoms with Crippen LogP contribution < -0.4 is 15.4 Å². The summed E-state index contributed by atoms with van der Waals surface area (Å²) in [5, 5.41) is 14.6. The van der Waals surface area contributed by atoms with Crippen LogP contribution >= 0.6 is 11.3 Å². The van der Waals surface area contributed by atoms with Crippen molar-refractivity contribution in [2.75, 3.05) is 31.5 Å². The summed E-state index contributed by atoms with van der Waals surface area (Å²) in [6.07, 6.45) is 3.77. The van der Waals surface area contributed by atoms with Crippen LogP contribution in [0, 0.1) is 6.92 Å². The van der Waals surface area contributed by atoms with Gasteiger partial charge in [-0.2, -0.15) is 0 Å². The molecule has 1 aliphatic heterocycles. The Morgan fingerprint density at radius 3 is 2.59 bits per heavy atom. The molecule has 0 aliphatic carbocycles. The van der Waals surface area contributed by atoms with Crippen molar-refractivity contribution < 1.29 is 14.3 Å². The molecule has 178 valence electrons. The molecule has 0 spiro atoms. The number of hydrogen-bond donors (Lipinski definition) is 2. The Labute approximate surface area is 203 Å². The maximum absolute atomic E-state index is 12.5. The molecule has 1 saturated heterocycles. The van der Waals surface area contributed by atoms with Crippen molar-refractivity contribution in [2.45, 2.75) is 32.8 Å². The second-order valence-electron chi connectivity index (χ2n) is 8.30. The summed E-state index contributed by atoms with van der Waals surface area (Å²) in [6, 6.07) is 14.6. The number of carbonyl (C=O) groups is 2. The molecule has 3 aromatic rings. The van der Waals surface area contributed by atoms with Gasteiger partial charge in [0.2, 0.25) is 5.01 Å². The molecular formula is C25H29N5O3S. The minimum Gasteiger partial charge on any atom is -0.486 e.